The number of hydrogen-bond donors (Lipinski definition) is 1. The number of rotatable bonds is 10. The number of carbonyl (C=O) groups is 1. The van der Waals surface area contributed by atoms with E-state index in [1.165, 1.54) is 12.1 Å². The van der Waals surface area contributed by atoms with E-state index in [2.05, 4.69) is 5.32 Å². The summed E-state index contributed by atoms with van der Waals surface area (Å²) in [5.74, 6) is -0.357. The molecule has 0 aliphatic carbocycles. The molecule has 6 nitrogen and oxygen atoms in total. The van der Waals surface area contributed by atoms with E-state index in [1.54, 1.807) is 24.3 Å². The van der Waals surface area contributed by atoms with Gasteiger partial charge in [-0.15, -0.1) is 0 Å². The van der Waals surface area contributed by atoms with E-state index >= 15 is 0 Å². The molecule has 0 aromatic heterocycles. The number of halogens is 1. The standard InChI is InChI=1S/C21H27FN2O4S/c1-4-6-16(3)23-21(25)15-24(18-9-11-19(12-10-18)28-5-2)29(26,27)20-13-7-17(22)8-14-20/h7-14,16H,4-6,15H2,1-3H3,(H,23,25)/t16-/m1/s1. The van der Waals surface area contributed by atoms with Crippen molar-refractivity contribution in [1.29, 1.82) is 0 Å². The van der Waals surface area contributed by atoms with Gasteiger partial charge in [-0.3, -0.25) is 9.10 Å². The number of benzene rings is 2. The summed E-state index contributed by atoms with van der Waals surface area (Å²) in [6, 6.07) is 10.9. The molecule has 29 heavy (non-hydrogen) atoms. The van der Waals surface area contributed by atoms with Gasteiger partial charge in [0.25, 0.3) is 10.0 Å². The smallest absolute Gasteiger partial charge is 0.264 e. The van der Waals surface area contributed by atoms with Crippen LogP contribution in [0.1, 0.15) is 33.6 Å². The number of ether oxygens (including phenoxy) is 1. The summed E-state index contributed by atoms with van der Waals surface area (Å²) >= 11 is 0. The van der Waals surface area contributed by atoms with E-state index in [9.17, 15) is 17.6 Å². The number of hydrogen-bond acceptors (Lipinski definition) is 4. The van der Waals surface area contributed by atoms with Crippen LogP contribution in [0.15, 0.2) is 53.4 Å². The van der Waals surface area contributed by atoms with Crippen molar-refractivity contribution in [2.24, 2.45) is 0 Å². The Balaban J connectivity index is 2.36. The predicted molar refractivity (Wildman–Crippen MR) is 111 cm³/mol. The van der Waals surface area contributed by atoms with Crippen molar-refractivity contribution >= 4 is 21.6 Å². The Morgan fingerprint density at radius 1 is 1.10 bits per heavy atom. The average molecular weight is 423 g/mol. The second-order valence-corrected chi connectivity index (χ2v) is 8.51. The molecule has 158 valence electrons. The maximum absolute atomic E-state index is 13.3. The zero-order chi connectivity index (χ0) is 21.4. The maximum atomic E-state index is 13.3. The normalized spacial score (nSPS) is 12.3. The Labute approximate surface area is 171 Å². The van der Waals surface area contributed by atoms with Crippen molar-refractivity contribution in [2.45, 2.75) is 44.6 Å². The molecule has 2 rings (SSSR count). The molecule has 0 spiro atoms. The van der Waals surface area contributed by atoms with Crippen molar-refractivity contribution in [2.75, 3.05) is 17.5 Å². The zero-order valence-corrected chi connectivity index (χ0v) is 17.7. The third kappa shape index (κ3) is 6.19. The molecule has 0 aliphatic heterocycles. The van der Waals surface area contributed by atoms with E-state index in [0.717, 1.165) is 29.3 Å². The van der Waals surface area contributed by atoms with Gasteiger partial charge >= 0.3 is 0 Å². The van der Waals surface area contributed by atoms with Crippen molar-refractivity contribution in [1.82, 2.24) is 5.32 Å². The van der Waals surface area contributed by atoms with Crippen molar-refractivity contribution in [3.8, 4) is 5.75 Å². The molecule has 1 amide bonds. The van der Waals surface area contributed by atoms with Crippen LogP contribution >= 0.6 is 0 Å². The van der Waals surface area contributed by atoms with Crippen LogP contribution in [0.5, 0.6) is 5.75 Å². The quantitative estimate of drug-likeness (QED) is 0.633. The number of anilines is 1. The molecule has 1 N–H and O–H groups in total. The minimum atomic E-state index is -4.07. The van der Waals surface area contributed by atoms with Crippen molar-refractivity contribution < 1.29 is 22.3 Å². The van der Waals surface area contributed by atoms with Gasteiger partial charge in [0.1, 0.15) is 18.1 Å². The summed E-state index contributed by atoms with van der Waals surface area (Å²) in [6.45, 7) is 5.82. The molecule has 0 unspecified atom stereocenters. The molecular formula is C21H27FN2O4S. The van der Waals surface area contributed by atoms with Gasteiger partial charge in [-0.2, -0.15) is 0 Å². The van der Waals surface area contributed by atoms with Crippen molar-refractivity contribution in [3.05, 3.63) is 54.3 Å². The largest absolute Gasteiger partial charge is 0.494 e. The Morgan fingerprint density at radius 2 is 1.72 bits per heavy atom. The lowest BCUT2D eigenvalue weighted by Crippen LogP contribution is -2.43. The summed E-state index contributed by atoms with van der Waals surface area (Å²) in [4.78, 5) is 12.4. The number of sulfonamides is 1. The molecule has 0 heterocycles. The third-order valence-corrected chi connectivity index (χ3v) is 6.04. The lowest BCUT2D eigenvalue weighted by molar-refractivity contribution is -0.120. The lowest BCUT2D eigenvalue weighted by atomic mass is 10.2. The second-order valence-electron chi connectivity index (χ2n) is 6.65. The van der Waals surface area contributed by atoms with Gasteiger partial charge in [0.05, 0.1) is 17.2 Å². The fourth-order valence-corrected chi connectivity index (χ4v) is 4.30. The van der Waals surface area contributed by atoms with Crippen LogP contribution in [0.25, 0.3) is 0 Å². The predicted octanol–water partition coefficient (Wildman–Crippen LogP) is 3.72. The SMILES string of the molecule is CCC[C@@H](C)NC(=O)CN(c1ccc(OCC)cc1)S(=O)(=O)c1ccc(F)cc1. The fraction of sp³-hybridized carbons (Fsp3) is 0.381. The minimum absolute atomic E-state index is 0.0665. The molecule has 2 aromatic rings. The highest BCUT2D eigenvalue weighted by Gasteiger charge is 2.27. The first-order chi connectivity index (χ1) is 13.8. The first-order valence-corrected chi connectivity index (χ1v) is 11.0. The summed E-state index contributed by atoms with van der Waals surface area (Å²) in [5, 5.41) is 2.82. The second kappa shape index (κ2) is 10.2. The van der Waals surface area contributed by atoms with Crippen LogP contribution in [0.4, 0.5) is 10.1 Å². The maximum Gasteiger partial charge on any atom is 0.264 e. The molecule has 0 radical (unpaired) electrons. The molecule has 0 saturated carbocycles. The van der Waals surface area contributed by atoms with Gasteiger partial charge in [-0.05, 0) is 68.8 Å². The van der Waals surface area contributed by atoms with E-state index in [0.29, 0.717) is 18.0 Å². The van der Waals surface area contributed by atoms with Gasteiger partial charge in [0, 0.05) is 6.04 Å². The Kier molecular flexibility index (Phi) is 8.01. The van der Waals surface area contributed by atoms with Crippen LogP contribution in [0, 0.1) is 5.82 Å². The van der Waals surface area contributed by atoms with Gasteiger partial charge in [-0.25, -0.2) is 12.8 Å². The highest BCUT2D eigenvalue weighted by atomic mass is 32.2. The highest BCUT2D eigenvalue weighted by Crippen LogP contribution is 2.26. The van der Waals surface area contributed by atoms with E-state index < -0.39 is 21.7 Å². The third-order valence-electron chi connectivity index (χ3n) is 4.25. The molecule has 2 aromatic carbocycles. The van der Waals surface area contributed by atoms with Crippen LogP contribution in [0.3, 0.4) is 0 Å². The van der Waals surface area contributed by atoms with Crippen LogP contribution in [-0.2, 0) is 14.8 Å². The molecule has 1 atom stereocenters. The fourth-order valence-electron chi connectivity index (χ4n) is 2.88. The monoisotopic (exact) mass is 422 g/mol. The van der Waals surface area contributed by atoms with Gasteiger partial charge in [0.15, 0.2) is 0 Å². The van der Waals surface area contributed by atoms with Gasteiger partial charge in [0.2, 0.25) is 5.91 Å². The van der Waals surface area contributed by atoms with Crippen LogP contribution in [0.2, 0.25) is 0 Å². The first kappa shape index (κ1) is 22.7. The minimum Gasteiger partial charge on any atom is -0.494 e. The molecule has 0 bridgehead atoms. The Hall–Kier alpha value is -2.61. The molecule has 0 saturated heterocycles. The van der Waals surface area contributed by atoms with Crippen LogP contribution in [-0.4, -0.2) is 33.5 Å². The number of amides is 1. The first-order valence-electron chi connectivity index (χ1n) is 9.58. The average Bonchev–Trinajstić information content (AvgIpc) is 2.67. The zero-order valence-electron chi connectivity index (χ0n) is 16.9. The summed E-state index contributed by atoms with van der Waals surface area (Å²) < 4.78 is 46.1. The van der Waals surface area contributed by atoms with Gasteiger partial charge < -0.3 is 10.1 Å². The molecule has 0 fully saturated rings. The molecular weight excluding hydrogens is 395 g/mol. The number of nitrogens with one attached hydrogen (secondary N) is 1. The van der Waals surface area contributed by atoms with Crippen LogP contribution < -0.4 is 14.4 Å². The van der Waals surface area contributed by atoms with E-state index in [4.69, 9.17) is 4.74 Å². The molecule has 0 aliphatic rings. The van der Waals surface area contributed by atoms with E-state index in [-0.39, 0.29) is 17.5 Å². The van der Waals surface area contributed by atoms with Crippen molar-refractivity contribution in [3.63, 3.8) is 0 Å². The Bertz CT molecular complexity index is 899. The lowest BCUT2D eigenvalue weighted by Gasteiger charge is -2.25. The van der Waals surface area contributed by atoms with Gasteiger partial charge in [-0.1, -0.05) is 13.3 Å². The van der Waals surface area contributed by atoms with E-state index in [1.807, 2.05) is 20.8 Å². The number of nitrogens with zero attached hydrogens (tertiary/aromatic N) is 1. The summed E-state index contributed by atoms with van der Waals surface area (Å²) in [7, 11) is -4.07. The summed E-state index contributed by atoms with van der Waals surface area (Å²) in [5.41, 5.74) is 0.316. The molecule has 8 heteroatoms. The Morgan fingerprint density at radius 3 is 2.28 bits per heavy atom. The topological polar surface area (TPSA) is 75.7 Å². The number of carbonyl (C=O) groups excluding carboxylic acids is 1. The summed E-state index contributed by atoms with van der Waals surface area (Å²) in [6.07, 6.45) is 1.69. The highest BCUT2D eigenvalue weighted by molar-refractivity contribution is 7.92.